The van der Waals surface area contributed by atoms with Crippen LogP contribution in [0.25, 0.3) is 0 Å². The van der Waals surface area contributed by atoms with Crippen LogP contribution in [0.15, 0.2) is 60.7 Å². The summed E-state index contributed by atoms with van der Waals surface area (Å²) in [6.07, 6.45) is 4.17. The van der Waals surface area contributed by atoms with E-state index < -0.39 is 0 Å². The average Bonchev–Trinajstić information content (AvgIpc) is 3.31. The summed E-state index contributed by atoms with van der Waals surface area (Å²) < 4.78 is 11.5. The Bertz CT molecular complexity index is 910. The van der Waals surface area contributed by atoms with Crippen molar-refractivity contribution in [3.8, 4) is 0 Å². The summed E-state index contributed by atoms with van der Waals surface area (Å²) in [5, 5.41) is 0. The number of hydrogen-bond acceptors (Lipinski definition) is 4. The summed E-state index contributed by atoms with van der Waals surface area (Å²) in [6, 6.07) is 19.4. The van der Waals surface area contributed by atoms with E-state index in [9.17, 15) is 9.59 Å². The van der Waals surface area contributed by atoms with E-state index in [0.717, 1.165) is 25.7 Å². The lowest BCUT2D eigenvalue weighted by Gasteiger charge is -2.38. The van der Waals surface area contributed by atoms with Gasteiger partial charge < -0.3 is 9.47 Å². The summed E-state index contributed by atoms with van der Waals surface area (Å²) in [4.78, 5) is 24.8. The van der Waals surface area contributed by atoms with Crippen LogP contribution in [0.5, 0.6) is 0 Å². The third kappa shape index (κ3) is 4.90. The highest BCUT2D eigenvalue weighted by Gasteiger charge is 2.59. The zero-order valence-electron chi connectivity index (χ0n) is 19.2. The van der Waals surface area contributed by atoms with E-state index in [1.165, 1.54) is 5.56 Å². The monoisotopic (exact) mass is 434 g/mol. The van der Waals surface area contributed by atoms with Gasteiger partial charge in [-0.2, -0.15) is 0 Å². The third-order valence-corrected chi connectivity index (χ3v) is 7.99. The minimum absolute atomic E-state index is 0.00108. The van der Waals surface area contributed by atoms with Crippen molar-refractivity contribution in [2.75, 3.05) is 13.2 Å². The van der Waals surface area contributed by atoms with Crippen LogP contribution in [0.2, 0.25) is 0 Å². The fraction of sp³-hybridized carbons (Fsp3) is 0.500. The van der Waals surface area contributed by atoms with Crippen LogP contribution >= 0.6 is 0 Å². The lowest BCUT2D eigenvalue weighted by molar-refractivity contribution is -0.146. The lowest BCUT2D eigenvalue weighted by atomic mass is 9.69. The summed E-state index contributed by atoms with van der Waals surface area (Å²) in [6.45, 7) is 5.52. The average molecular weight is 435 g/mol. The number of fused-ring (bicyclic) bond motifs is 2. The van der Waals surface area contributed by atoms with Crippen molar-refractivity contribution in [1.29, 1.82) is 0 Å². The first-order chi connectivity index (χ1) is 15.5. The van der Waals surface area contributed by atoms with E-state index >= 15 is 0 Å². The standard InChI is InChI=1S/C28H34O4/c1-20-21(2)28(19-32-27(30)23-13-7-4-8-14-23)16-24(25(20)17-28)18-31-26(29)15-9-12-22-10-5-3-6-11-22/h3-8,10-11,13-14,20-21,24-25H,9,12,15-19H2,1-2H3. The quantitative estimate of drug-likeness (QED) is 0.475. The fourth-order valence-corrected chi connectivity index (χ4v) is 5.96. The Kier molecular flexibility index (Phi) is 6.98. The minimum Gasteiger partial charge on any atom is -0.465 e. The number of carbonyl (C=O) groups is 2. The summed E-state index contributed by atoms with van der Waals surface area (Å²) in [5.41, 5.74) is 1.85. The Morgan fingerprint density at radius 2 is 1.62 bits per heavy atom. The van der Waals surface area contributed by atoms with Gasteiger partial charge in [-0.05, 0) is 67.1 Å². The molecule has 2 bridgehead atoms. The number of hydrogen-bond donors (Lipinski definition) is 0. The van der Waals surface area contributed by atoms with Crippen LogP contribution < -0.4 is 0 Å². The molecule has 4 nitrogen and oxygen atoms in total. The van der Waals surface area contributed by atoms with Crippen LogP contribution in [-0.2, 0) is 20.7 Å². The Morgan fingerprint density at radius 3 is 2.34 bits per heavy atom. The highest BCUT2D eigenvalue weighted by molar-refractivity contribution is 5.89. The van der Waals surface area contributed by atoms with Crippen molar-refractivity contribution in [2.45, 2.75) is 46.0 Å². The van der Waals surface area contributed by atoms with E-state index in [4.69, 9.17) is 9.47 Å². The molecule has 2 aliphatic rings. The maximum absolute atomic E-state index is 12.5. The number of aryl methyl sites for hydroxylation is 1. The molecule has 4 rings (SSSR count). The molecular weight excluding hydrogens is 400 g/mol. The van der Waals surface area contributed by atoms with Crippen LogP contribution in [-0.4, -0.2) is 25.2 Å². The highest BCUT2D eigenvalue weighted by Crippen LogP contribution is 2.62. The second kappa shape index (κ2) is 9.89. The summed E-state index contributed by atoms with van der Waals surface area (Å²) in [7, 11) is 0. The van der Waals surface area contributed by atoms with Gasteiger partial charge in [0, 0.05) is 11.8 Å². The van der Waals surface area contributed by atoms with Crippen molar-refractivity contribution < 1.29 is 19.1 Å². The zero-order chi connectivity index (χ0) is 22.6. The summed E-state index contributed by atoms with van der Waals surface area (Å²) >= 11 is 0. The van der Waals surface area contributed by atoms with Gasteiger partial charge in [-0.15, -0.1) is 0 Å². The van der Waals surface area contributed by atoms with Crippen LogP contribution in [0, 0.1) is 29.1 Å². The molecule has 5 unspecified atom stereocenters. The van der Waals surface area contributed by atoms with Crippen molar-refractivity contribution >= 4 is 11.9 Å². The van der Waals surface area contributed by atoms with Crippen LogP contribution in [0.4, 0.5) is 0 Å². The predicted octanol–water partition coefficient (Wildman–Crippen LogP) is 5.71. The molecule has 0 amide bonds. The molecule has 2 aromatic rings. The Balaban J connectivity index is 1.26. The van der Waals surface area contributed by atoms with Gasteiger partial charge in [-0.3, -0.25) is 4.79 Å². The van der Waals surface area contributed by atoms with E-state index in [-0.39, 0.29) is 17.4 Å². The van der Waals surface area contributed by atoms with Gasteiger partial charge in [0.15, 0.2) is 0 Å². The van der Waals surface area contributed by atoms with Gasteiger partial charge in [-0.25, -0.2) is 4.79 Å². The van der Waals surface area contributed by atoms with Crippen molar-refractivity contribution in [2.24, 2.45) is 29.1 Å². The van der Waals surface area contributed by atoms with Gasteiger partial charge in [0.2, 0.25) is 0 Å². The number of esters is 2. The topological polar surface area (TPSA) is 52.6 Å². The zero-order valence-corrected chi connectivity index (χ0v) is 19.2. The Hall–Kier alpha value is -2.62. The molecule has 0 heterocycles. The molecule has 2 aliphatic carbocycles. The normalized spacial score (nSPS) is 28.4. The van der Waals surface area contributed by atoms with Crippen molar-refractivity contribution in [1.82, 2.24) is 0 Å². The van der Waals surface area contributed by atoms with Crippen LogP contribution in [0.1, 0.15) is 55.5 Å². The number of carbonyl (C=O) groups excluding carboxylic acids is 2. The minimum atomic E-state index is -0.253. The maximum atomic E-state index is 12.5. The first-order valence-electron chi connectivity index (χ1n) is 11.9. The molecule has 0 spiro atoms. The van der Waals surface area contributed by atoms with Crippen molar-refractivity contribution in [3.63, 3.8) is 0 Å². The molecule has 0 radical (unpaired) electrons. The van der Waals surface area contributed by atoms with Gasteiger partial charge >= 0.3 is 11.9 Å². The van der Waals surface area contributed by atoms with Gasteiger partial charge in [0.25, 0.3) is 0 Å². The predicted molar refractivity (Wildman–Crippen MR) is 124 cm³/mol. The molecule has 5 atom stereocenters. The Morgan fingerprint density at radius 1 is 0.938 bits per heavy atom. The lowest BCUT2D eigenvalue weighted by Crippen LogP contribution is -2.37. The smallest absolute Gasteiger partial charge is 0.338 e. The summed E-state index contributed by atoms with van der Waals surface area (Å²) in [5.74, 6) is 1.56. The van der Waals surface area contributed by atoms with Gasteiger partial charge in [0.1, 0.15) is 0 Å². The fourth-order valence-electron chi connectivity index (χ4n) is 5.96. The van der Waals surface area contributed by atoms with Gasteiger partial charge in [-0.1, -0.05) is 62.4 Å². The molecular formula is C28H34O4. The number of ether oxygens (including phenoxy) is 2. The second-order valence-corrected chi connectivity index (χ2v) is 9.81. The molecule has 0 aliphatic heterocycles. The molecule has 170 valence electrons. The molecule has 0 saturated heterocycles. The second-order valence-electron chi connectivity index (χ2n) is 9.81. The van der Waals surface area contributed by atoms with E-state index in [0.29, 0.717) is 48.9 Å². The molecule has 0 N–H and O–H groups in total. The molecule has 4 heteroatoms. The van der Waals surface area contributed by atoms with Crippen LogP contribution in [0.3, 0.4) is 0 Å². The molecule has 2 fully saturated rings. The van der Waals surface area contributed by atoms with E-state index in [1.54, 1.807) is 12.1 Å². The van der Waals surface area contributed by atoms with E-state index in [2.05, 4.69) is 26.0 Å². The third-order valence-electron chi connectivity index (χ3n) is 7.99. The highest BCUT2D eigenvalue weighted by atomic mass is 16.5. The largest absolute Gasteiger partial charge is 0.465 e. The molecule has 0 aromatic heterocycles. The van der Waals surface area contributed by atoms with Gasteiger partial charge in [0.05, 0.1) is 18.8 Å². The first kappa shape index (κ1) is 22.6. The number of benzene rings is 2. The first-order valence-corrected chi connectivity index (χ1v) is 11.9. The maximum Gasteiger partial charge on any atom is 0.338 e. The SMILES string of the molecule is CC1C2CC(COC(=O)c3ccccc3)(CC2COC(=O)CCCc2ccccc2)C1C. The van der Waals surface area contributed by atoms with E-state index in [1.807, 2.05) is 36.4 Å². The molecule has 32 heavy (non-hydrogen) atoms. The molecule has 2 aromatic carbocycles. The molecule has 2 saturated carbocycles. The number of rotatable bonds is 9. The Labute approximate surface area is 191 Å². The van der Waals surface area contributed by atoms with Crippen molar-refractivity contribution in [3.05, 3.63) is 71.8 Å².